The van der Waals surface area contributed by atoms with Gasteiger partial charge in [0.05, 0.1) is 24.3 Å². The third-order valence-electron chi connectivity index (χ3n) is 5.14. The molecule has 30 heavy (non-hydrogen) atoms. The van der Waals surface area contributed by atoms with Crippen LogP contribution < -0.4 is 15.0 Å². The molecule has 0 saturated carbocycles. The van der Waals surface area contributed by atoms with E-state index in [0.717, 1.165) is 12.0 Å². The number of halogens is 1. The maximum atomic E-state index is 12.6. The lowest BCUT2D eigenvalue weighted by Gasteiger charge is -2.30. The number of benzene rings is 1. The molecule has 0 radical (unpaired) electrons. The van der Waals surface area contributed by atoms with Crippen molar-refractivity contribution < 1.29 is 19.4 Å². The zero-order valence-electron chi connectivity index (χ0n) is 17.4. The van der Waals surface area contributed by atoms with Gasteiger partial charge in [0, 0.05) is 32.8 Å². The summed E-state index contributed by atoms with van der Waals surface area (Å²) >= 11 is 6.21. The molecule has 1 atom stereocenters. The first-order valence-corrected chi connectivity index (χ1v) is 10.2. The van der Waals surface area contributed by atoms with Crippen molar-refractivity contribution in [2.75, 3.05) is 37.6 Å². The number of nitrogens with zero attached hydrogens (tertiary/aromatic N) is 3. The summed E-state index contributed by atoms with van der Waals surface area (Å²) in [5, 5.41) is 14.3. The Balaban J connectivity index is 1.87. The highest BCUT2D eigenvalue weighted by Crippen LogP contribution is 2.31. The number of rotatable bonds is 9. The van der Waals surface area contributed by atoms with Crippen molar-refractivity contribution in [1.82, 2.24) is 9.97 Å². The van der Waals surface area contributed by atoms with Gasteiger partial charge in [-0.1, -0.05) is 17.7 Å². The molecule has 2 heterocycles. The van der Waals surface area contributed by atoms with E-state index in [-0.39, 0.29) is 12.2 Å². The molecule has 1 aliphatic heterocycles. The summed E-state index contributed by atoms with van der Waals surface area (Å²) in [6.45, 7) is 3.11. The van der Waals surface area contributed by atoms with E-state index >= 15 is 0 Å². The average Bonchev–Trinajstić information content (AvgIpc) is 3.09. The second-order valence-corrected chi connectivity index (χ2v) is 7.80. The smallest absolute Gasteiger partial charge is 0.229 e. The summed E-state index contributed by atoms with van der Waals surface area (Å²) in [6, 6.07) is 5.47. The lowest BCUT2D eigenvalue weighted by atomic mass is 10.1. The molecule has 1 saturated heterocycles. The Kier molecular flexibility index (Phi) is 7.12. The van der Waals surface area contributed by atoms with Gasteiger partial charge >= 0.3 is 0 Å². The number of carbonyl (C=O) groups is 1. The van der Waals surface area contributed by atoms with Gasteiger partial charge in [0.15, 0.2) is 5.78 Å². The van der Waals surface area contributed by atoms with Crippen molar-refractivity contribution in [2.45, 2.75) is 38.5 Å². The molecule has 0 spiro atoms. The van der Waals surface area contributed by atoms with Gasteiger partial charge in [-0.15, -0.1) is 0 Å². The number of hydrogen-bond acceptors (Lipinski definition) is 8. The Labute approximate surface area is 181 Å². The van der Waals surface area contributed by atoms with Gasteiger partial charge in [-0.25, -0.2) is 4.98 Å². The Morgan fingerprint density at radius 2 is 2.20 bits per heavy atom. The monoisotopic (exact) mass is 434 g/mol. The molecule has 0 bridgehead atoms. The number of methoxy groups -OCH3 is 2. The second-order valence-electron chi connectivity index (χ2n) is 7.39. The summed E-state index contributed by atoms with van der Waals surface area (Å²) in [7, 11) is 3.11. The van der Waals surface area contributed by atoms with E-state index in [4.69, 9.17) is 21.1 Å². The minimum absolute atomic E-state index is 0.119. The second kappa shape index (κ2) is 9.59. The highest BCUT2D eigenvalue weighted by atomic mass is 35.5. The SMILES string of the molecule is COCCC(=O)c1cnc(N2CCCC2(C)O)nc1NCc1ccc(OC)c(Cl)c1. The third-order valence-corrected chi connectivity index (χ3v) is 5.44. The normalized spacial score (nSPS) is 18.5. The van der Waals surface area contributed by atoms with E-state index < -0.39 is 5.72 Å². The molecular weight excluding hydrogens is 408 g/mol. The molecule has 0 aliphatic carbocycles. The number of hydrogen-bond donors (Lipinski definition) is 2. The number of nitrogens with one attached hydrogen (secondary N) is 1. The van der Waals surface area contributed by atoms with Crippen LogP contribution in [0.5, 0.6) is 5.75 Å². The molecule has 8 nitrogen and oxygen atoms in total. The molecule has 1 unspecified atom stereocenters. The van der Waals surface area contributed by atoms with Gasteiger partial charge in [-0.3, -0.25) is 4.79 Å². The lowest BCUT2D eigenvalue weighted by Crippen LogP contribution is -2.42. The zero-order chi connectivity index (χ0) is 21.7. The fourth-order valence-electron chi connectivity index (χ4n) is 3.44. The van der Waals surface area contributed by atoms with Crippen molar-refractivity contribution in [3.05, 3.63) is 40.5 Å². The maximum Gasteiger partial charge on any atom is 0.229 e. The molecule has 2 aromatic rings. The van der Waals surface area contributed by atoms with E-state index in [9.17, 15) is 9.90 Å². The van der Waals surface area contributed by atoms with Crippen LogP contribution in [-0.4, -0.2) is 54.0 Å². The van der Waals surface area contributed by atoms with Crippen LogP contribution in [0, 0.1) is 0 Å². The standard InChI is InChI=1S/C21H27ClN4O4/c1-21(28)8-4-9-26(21)20-24-13-15(17(27)7-10-29-2)19(25-20)23-12-14-5-6-18(30-3)16(22)11-14/h5-6,11,13,28H,4,7-10,12H2,1-3H3,(H,23,24,25). The Hall–Kier alpha value is -2.42. The van der Waals surface area contributed by atoms with Crippen LogP contribution in [-0.2, 0) is 11.3 Å². The Bertz CT molecular complexity index is 907. The zero-order valence-corrected chi connectivity index (χ0v) is 18.2. The van der Waals surface area contributed by atoms with E-state index in [0.29, 0.717) is 54.2 Å². The molecule has 3 rings (SSSR count). The molecule has 1 aliphatic rings. The Morgan fingerprint density at radius 1 is 1.40 bits per heavy atom. The predicted octanol–water partition coefficient (Wildman–Crippen LogP) is 3.28. The van der Waals surface area contributed by atoms with Crippen LogP contribution in [0.1, 0.15) is 42.1 Å². The van der Waals surface area contributed by atoms with Crippen molar-refractivity contribution in [3.8, 4) is 5.75 Å². The topological polar surface area (TPSA) is 96.8 Å². The maximum absolute atomic E-state index is 12.6. The Morgan fingerprint density at radius 3 is 2.83 bits per heavy atom. The van der Waals surface area contributed by atoms with Gasteiger partial charge in [0.2, 0.25) is 5.95 Å². The molecule has 1 aromatic heterocycles. The van der Waals surface area contributed by atoms with Crippen LogP contribution in [0.3, 0.4) is 0 Å². The van der Waals surface area contributed by atoms with Crippen LogP contribution in [0.15, 0.2) is 24.4 Å². The number of carbonyl (C=O) groups excluding carboxylic acids is 1. The number of aromatic nitrogens is 2. The lowest BCUT2D eigenvalue weighted by molar-refractivity contribution is 0.0701. The van der Waals surface area contributed by atoms with Gasteiger partial charge in [0.25, 0.3) is 0 Å². The minimum atomic E-state index is -1.01. The van der Waals surface area contributed by atoms with Gasteiger partial charge in [0.1, 0.15) is 17.3 Å². The molecule has 162 valence electrons. The van der Waals surface area contributed by atoms with Gasteiger partial charge < -0.3 is 24.8 Å². The van der Waals surface area contributed by atoms with Crippen LogP contribution in [0.25, 0.3) is 0 Å². The van der Waals surface area contributed by atoms with Crippen LogP contribution >= 0.6 is 11.6 Å². The summed E-state index contributed by atoms with van der Waals surface area (Å²) in [5.41, 5.74) is 0.279. The molecular formula is C21H27ClN4O4. The van der Waals surface area contributed by atoms with Gasteiger partial charge in [-0.05, 0) is 37.5 Å². The van der Waals surface area contributed by atoms with Gasteiger partial charge in [-0.2, -0.15) is 4.98 Å². The number of ketones is 1. The van der Waals surface area contributed by atoms with Crippen LogP contribution in [0.4, 0.5) is 11.8 Å². The van der Waals surface area contributed by atoms with Crippen molar-refractivity contribution in [1.29, 1.82) is 0 Å². The fourth-order valence-corrected chi connectivity index (χ4v) is 3.72. The first-order chi connectivity index (χ1) is 14.4. The number of Topliss-reactive ketones (excluding diaryl/α,β-unsaturated/α-hetero) is 1. The summed E-state index contributed by atoms with van der Waals surface area (Å²) in [4.78, 5) is 23.3. The van der Waals surface area contributed by atoms with E-state index in [1.807, 2.05) is 6.07 Å². The van der Waals surface area contributed by atoms with Crippen molar-refractivity contribution >= 4 is 29.2 Å². The highest BCUT2D eigenvalue weighted by molar-refractivity contribution is 6.32. The quantitative estimate of drug-likeness (QED) is 0.580. The average molecular weight is 435 g/mol. The summed E-state index contributed by atoms with van der Waals surface area (Å²) in [5.74, 6) is 1.27. The summed E-state index contributed by atoms with van der Waals surface area (Å²) in [6.07, 6.45) is 3.22. The molecule has 1 aromatic carbocycles. The van der Waals surface area contributed by atoms with Crippen molar-refractivity contribution in [2.24, 2.45) is 0 Å². The summed E-state index contributed by atoms with van der Waals surface area (Å²) < 4.78 is 10.2. The number of ether oxygens (including phenoxy) is 2. The molecule has 9 heteroatoms. The first kappa shape index (κ1) is 22.3. The minimum Gasteiger partial charge on any atom is -0.495 e. The highest BCUT2D eigenvalue weighted by Gasteiger charge is 2.36. The van der Waals surface area contributed by atoms with E-state index in [2.05, 4.69) is 15.3 Å². The molecule has 1 fully saturated rings. The van der Waals surface area contributed by atoms with Crippen molar-refractivity contribution in [3.63, 3.8) is 0 Å². The molecule has 0 amide bonds. The number of aliphatic hydroxyl groups is 1. The third kappa shape index (κ3) is 5.00. The van der Waals surface area contributed by atoms with Crippen LogP contribution in [0.2, 0.25) is 5.02 Å². The van der Waals surface area contributed by atoms with E-state index in [1.165, 1.54) is 6.20 Å². The first-order valence-electron chi connectivity index (χ1n) is 9.81. The number of anilines is 2. The molecule has 2 N–H and O–H groups in total. The predicted molar refractivity (Wildman–Crippen MR) is 115 cm³/mol. The van der Waals surface area contributed by atoms with E-state index in [1.54, 1.807) is 38.2 Å². The fraction of sp³-hybridized carbons (Fsp3) is 0.476. The largest absolute Gasteiger partial charge is 0.495 e.